The molecule has 3 saturated heterocycles. The first-order chi connectivity index (χ1) is 11.2. The van der Waals surface area contributed by atoms with Crippen molar-refractivity contribution in [3.05, 3.63) is 23.9 Å². The number of hydrogen-bond donors (Lipinski definition) is 0. The SMILES string of the molecule is CN1CCC[C@@H]1c1cccc(N2CC3(CCOCC3)OC2=O)n1. The molecule has 124 valence electrons. The Balaban J connectivity index is 1.57. The fraction of sp³-hybridized carbons (Fsp3) is 0.647. The van der Waals surface area contributed by atoms with E-state index in [1.54, 1.807) is 4.90 Å². The molecule has 1 aromatic heterocycles. The van der Waals surface area contributed by atoms with Gasteiger partial charge in [-0.15, -0.1) is 0 Å². The van der Waals surface area contributed by atoms with E-state index in [2.05, 4.69) is 18.0 Å². The summed E-state index contributed by atoms with van der Waals surface area (Å²) in [7, 11) is 2.13. The third-order valence-corrected chi connectivity index (χ3v) is 5.27. The Morgan fingerprint density at radius 3 is 2.87 bits per heavy atom. The van der Waals surface area contributed by atoms with Gasteiger partial charge in [0, 0.05) is 12.8 Å². The first-order valence-electron chi connectivity index (χ1n) is 8.42. The number of carbonyl (C=O) groups is 1. The zero-order valence-corrected chi connectivity index (χ0v) is 13.5. The van der Waals surface area contributed by atoms with E-state index in [9.17, 15) is 4.79 Å². The zero-order valence-electron chi connectivity index (χ0n) is 13.5. The van der Waals surface area contributed by atoms with Crippen LogP contribution in [0, 0.1) is 0 Å². The molecule has 4 heterocycles. The van der Waals surface area contributed by atoms with Crippen LogP contribution < -0.4 is 4.90 Å². The van der Waals surface area contributed by atoms with Crippen LogP contribution >= 0.6 is 0 Å². The van der Waals surface area contributed by atoms with E-state index in [0.29, 0.717) is 31.6 Å². The minimum absolute atomic E-state index is 0.281. The molecule has 0 saturated carbocycles. The lowest BCUT2D eigenvalue weighted by Gasteiger charge is -2.30. The summed E-state index contributed by atoms with van der Waals surface area (Å²) < 4.78 is 11.1. The summed E-state index contributed by atoms with van der Waals surface area (Å²) in [6, 6.07) is 6.30. The van der Waals surface area contributed by atoms with Crippen LogP contribution in [-0.4, -0.2) is 54.9 Å². The number of rotatable bonds is 2. The van der Waals surface area contributed by atoms with Crippen LogP contribution in [0.4, 0.5) is 10.6 Å². The van der Waals surface area contributed by atoms with E-state index >= 15 is 0 Å². The number of hydrogen-bond acceptors (Lipinski definition) is 5. The van der Waals surface area contributed by atoms with E-state index in [1.165, 1.54) is 6.42 Å². The highest BCUT2D eigenvalue weighted by Crippen LogP contribution is 2.35. The molecule has 3 aliphatic rings. The predicted molar refractivity (Wildman–Crippen MR) is 85.5 cm³/mol. The van der Waals surface area contributed by atoms with Gasteiger partial charge in [-0.1, -0.05) is 6.07 Å². The standard InChI is InChI=1S/C17H23N3O3/c1-19-9-3-5-14(19)13-4-2-6-15(18-13)20-12-17(23-16(20)21)7-10-22-11-8-17/h2,4,6,14H,3,5,7-12H2,1H3/t14-/m1/s1. The van der Waals surface area contributed by atoms with E-state index in [4.69, 9.17) is 14.5 Å². The van der Waals surface area contributed by atoms with Crippen molar-refractivity contribution in [2.24, 2.45) is 0 Å². The molecule has 3 fully saturated rings. The first-order valence-corrected chi connectivity index (χ1v) is 8.42. The van der Waals surface area contributed by atoms with Crippen molar-refractivity contribution in [1.82, 2.24) is 9.88 Å². The van der Waals surface area contributed by atoms with Crippen LogP contribution in [-0.2, 0) is 9.47 Å². The highest BCUT2D eigenvalue weighted by molar-refractivity contribution is 5.89. The topological polar surface area (TPSA) is 54.9 Å². The minimum atomic E-state index is -0.392. The van der Waals surface area contributed by atoms with E-state index in [-0.39, 0.29) is 6.09 Å². The van der Waals surface area contributed by atoms with Gasteiger partial charge in [0.25, 0.3) is 0 Å². The summed E-state index contributed by atoms with van der Waals surface area (Å²) >= 11 is 0. The maximum Gasteiger partial charge on any atom is 0.416 e. The molecule has 3 aliphatic heterocycles. The Morgan fingerprint density at radius 2 is 2.13 bits per heavy atom. The van der Waals surface area contributed by atoms with E-state index in [0.717, 1.165) is 31.5 Å². The van der Waals surface area contributed by atoms with Gasteiger partial charge in [-0.05, 0) is 38.6 Å². The molecule has 0 radical (unpaired) electrons. The molecule has 6 heteroatoms. The average Bonchev–Trinajstić information content (AvgIpc) is 3.12. The number of nitrogens with zero attached hydrogens (tertiary/aromatic N) is 3. The van der Waals surface area contributed by atoms with Crippen LogP contribution in [0.25, 0.3) is 0 Å². The fourth-order valence-electron chi connectivity index (χ4n) is 3.86. The summed E-state index contributed by atoms with van der Waals surface area (Å²) in [6.07, 6.45) is 3.57. The van der Waals surface area contributed by atoms with Gasteiger partial charge in [0.05, 0.1) is 31.5 Å². The second-order valence-corrected chi connectivity index (χ2v) is 6.81. The third kappa shape index (κ3) is 2.70. The quantitative estimate of drug-likeness (QED) is 0.838. The monoisotopic (exact) mass is 317 g/mol. The maximum atomic E-state index is 12.4. The van der Waals surface area contributed by atoms with E-state index in [1.807, 2.05) is 12.1 Å². The Hall–Kier alpha value is -1.66. The summed E-state index contributed by atoms with van der Waals surface area (Å²) in [4.78, 5) is 21.1. The second kappa shape index (κ2) is 5.76. The summed E-state index contributed by atoms with van der Waals surface area (Å²) in [6.45, 7) is 2.99. The summed E-state index contributed by atoms with van der Waals surface area (Å²) in [5.74, 6) is 0.705. The van der Waals surface area contributed by atoms with Crippen molar-refractivity contribution in [1.29, 1.82) is 0 Å². The number of carbonyl (C=O) groups excluding carboxylic acids is 1. The molecule has 0 unspecified atom stereocenters. The molecule has 0 aliphatic carbocycles. The third-order valence-electron chi connectivity index (χ3n) is 5.27. The van der Waals surface area contributed by atoms with Crippen molar-refractivity contribution in [3.8, 4) is 0 Å². The first kappa shape index (κ1) is 14.9. The van der Waals surface area contributed by atoms with Crippen LogP contribution in [0.1, 0.15) is 37.4 Å². The minimum Gasteiger partial charge on any atom is -0.440 e. The highest BCUT2D eigenvalue weighted by atomic mass is 16.6. The molecular formula is C17H23N3O3. The molecule has 1 atom stereocenters. The molecule has 1 aromatic rings. The van der Waals surface area contributed by atoms with Crippen molar-refractivity contribution < 1.29 is 14.3 Å². The smallest absolute Gasteiger partial charge is 0.416 e. The van der Waals surface area contributed by atoms with Crippen molar-refractivity contribution in [3.63, 3.8) is 0 Å². The fourth-order valence-corrected chi connectivity index (χ4v) is 3.86. The Kier molecular flexibility index (Phi) is 3.73. The lowest BCUT2D eigenvalue weighted by atomic mass is 9.94. The van der Waals surface area contributed by atoms with Crippen molar-refractivity contribution in [2.45, 2.75) is 37.3 Å². The molecule has 0 aromatic carbocycles. The van der Waals surface area contributed by atoms with Gasteiger partial charge < -0.3 is 9.47 Å². The van der Waals surface area contributed by atoms with Crippen LogP contribution in [0.2, 0.25) is 0 Å². The Bertz CT molecular complexity index is 601. The van der Waals surface area contributed by atoms with Gasteiger partial charge >= 0.3 is 6.09 Å². The number of pyridine rings is 1. The van der Waals surface area contributed by atoms with E-state index < -0.39 is 5.60 Å². The molecule has 0 N–H and O–H groups in total. The lowest BCUT2D eigenvalue weighted by molar-refractivity contribution is -0.0431. The number of anilines is 1. The van der Waals surface area contributed by atoms with Crippen LogP contribution in [0.3, 0.4) is 0 Å². The Labute approximate surface area is 136 Å². The predicted octanol–water partition coefficient (Wildman–Crippen LogP) is 2.35. The van der Waals surface area contributed by atoms with Crippen LogP contribution in [0.5, 0.6) is 0 Å². The second-order valence-electron chi connectivity index (χ2n) is 6.81. The molecule has 1 amide bonds. The summed E-state index contributed by atoms with van der Waals surface area (Å²) in [5, 5.41) is 0. The lowest BCUT2D eigenvalue weighted by Crippen LogP contribution is -2.40. The number of aromatic nitrogens is 1. The van der Waals surface area contributed by atoms with Gasteiger partial charge in [0.2, 0.25) is 0 Å². The van der Waals surface area contributed by atoms with Gasteiger partial charge in [0.15, 0.2) is 0 Å². The molecule has 1 spiro atoms. The van der Waals surface area contributed by atoms with Gasteiger partial charge in [0.1, 0.15) is 11.4 Å². The molecule has 4 rings (SSSR count). The molecular weight excluding hydrogens is 294 g/mol. The zero-order chi connectivity index (χ0) is 15.9. The average molecular weight is 317 g/mol. The van der Waals surface area contributed by atoms with Gasteiger partial charge in [-0.3, -0.25) is 9.80 Å². The maximum absolute atomic E-state index is 12.4. The van der Waals surface area contributed by atoms with Gasteiger partial charge in [-0.2, -0.15) is 0 Å². The summed E-state index contributed by atoms with van der Waals surface area (Å²) in [5.41, 5.74) is 0.653. The van der Waals surface area contributed by atoms with Crippen molar-refractivity contribution >= 4 is 11.9 Å². The highest BCUT2D eigenvalue weighted by Gasteiger charge is 2.47. The molecule has 23 heavy (non-hydrogen) atoms. The molecule has 0 bridgehead atoms. The number of ether oxygens (including phenoxy) is 2. The normalized spacial score (nSPS) is 27.6. The van der Waals surface area contributed by atoms with Crippen molar-refractivity contribution in [2.75, 3.05) is 38.3 Å². The van der Waals surface area contributed by atoms with Crippen LogP contribution in [0.15, 0.2) is 18.2 Å². The number of likely N-dealkylation sites (tertiary alicyclic amines) is 1. The number of amides is 1. The van der Waals surface area contributed by atoms with Gasteiger partial charge in [-0.25, -0.2) is 9.78 Å². The molecule has 6 nitrogen and oxygen atoms in total. The largest absolute Gasteiger partial charge is 0.440 e. The Morgan fingerprint density at radius 1 is 1.30 bits per heavy atom.